The summed E-state index contributed by atoms with van der Waals surface area (Å²) in [5.41, 5.74) is 0. The first-order valence-electron chi connectivity index (χ1n) is 5.71. The molecular weight excluding hydrogens is 216 g/mol. The van der Waals surface area contributed by atoms with Crippen LogP contribution in [-0.2, 0) is 14.2 Å². The lowest BCUT2D eigenvalue weighted by Gasteiger charge is -2.05. The minimum atomic E-state index is 0.542. The van der Waals surface area contributed by atoms with Crippen LogP contribution in [0.5, 0.6) is 0 Å². The van der Waals surface area contributed by atoms with Gasteiger partial charge < -0.3 is 14.2 Å². The smallest absolute Gasteiger partial charge is 0.0701 e. The van der Waals surface area contributed by atoms with Gasteiger partial charge in [0.2, 0.25) is 0 Å². The fourth-order valence-corrected chi connectivity index (χ4v) is 1.16. The molecule has 3 nitrogen and oxygen atoms in total. The molecule has 92 valence electrons. The molecule has 0 saturated heterocycles. The summed E-state index contributed by atoms with van der Waals surface area (Å²) in [7, 11) is 0. The van der Waals surface area contributed by atoms with Crippen LogP contribution in [0.15, 0.2) is 0 Å². The molecule has 4 heteroatoms. The van der Waals surface area contributed by atoms with E-state index in [1.807, 2.05) is 0 Å². The Hall–Kier alpha value is 0.170. The summed E-state index contributed by atoms with van der Waals surface area (Å²) >= 11 is 5.44. The molecule has 0 saturated carbocycles. The van der Waals surface area contributed by atoms with Gasteiger partial charge in [-0.25, -0.2) is 0 Å². The highest BCUT2D eigenvalue weighted by Crippen LogP contribution is 1.93. The number of halogens is 1. The van der Waals surface area contributed by atoms with Gasteiger partial charge in [-0.1, -0.05) is 19.8 Å². The Kier molecular flexibility index (Phi) is 14.3. The van der Waals surface area contributed by atoms with Gasteiger partial charge in [-0.2, -0.15) is 0 Å². The van der Waals surface area contributed by atoms with Crippen LogP contribution in [-0.4, -0.2) is 45.5 Å². The molecule has 15 heavy (non-hydrogen) atoms. The molecule has 0 heterocycles. The minimum Gasteiger partial charge on any atom is -0.379 e. The van der Waals surface area contributed by atoms with Crippen molar-refractivity contribution in [3.8, 4) is 0 Å². The molecule has 0 aliphatic rings. The number of rotatable bonds is 12. The molecule has 0 spiro atoms. The molecular formula is C11H23ClO3. The van der Waals surface area contributed by atoms with Gasteiger partial charge in [0.15, 0.2) is 0 Å². The summed E-state index contributed by atoms with van der Waals surface area (Å²) in [6, 6.07) is 0. The van der Waals surface area contributed by atoms with Crippen LogP contribution in [0.1, 0.15) is 26.2 Å². The number of hydrogen-bond acceptors (Lipinski definition) is 3. The molecule has 0 aromatic rings. The molecule has 0 radical (unpaired) electrons. The Balaban J connectivity index is 2.81. The lowest BCUT2D eigenvalue weighted by Crippen LogP contribution is -2.10. The fraction of sp³-hybridized carbons (Fsp3) is 1.00. The van der Waals surface area contributed by atoms with E-state index in [9.17, 15) is 0 Å². The standard InChI is InChI=1S/C11H23ClO3/c1-2-3-4-6-13-8-10-15-11-9-14-7-5-12/h2-11H2,1H3. The van der Waals surface area contributed by atoms with Crippen LogP contribution >= 0.6 is 11.6 Å². The van der Waals surface area contributed by atoms with E-state index in [0.29, 0.717) is 38.9 Å². The van der Waals surface area contributed by atoms with Crippen molar-refractivity contribution in [2.75, 3.05) is 45.5 Å². The third-order valence-electron chi connectivity index (χ3n) is 1.86. The normalized spacial score (nSPS) is 10.8. The van der Waals surface area contributed by atoms with Gasteiger partial charge in [-0.05, 0) is 6.42 Å². The van der Waals surface area contributed by atoms with E-state index >= 15 is 0 Å². The maximum Gasteiger partial charge on any atom is 0.0701 e. The van der Waals surface area contributed by atoms with Gasteiger partial charge in [0, 0.05) is 12.5 Å². The van der Waals surface area contributed by atoms with E-state index in [1.165, 1.54) is 12.8 Å². The van der Waals surface area contributed by atoms with Crippen molar-refractivity contribution in [1.29, 1.82) is 0 Å². The summed E-state index contributed by atoms with van der Waals surface area (Å²) in [4.78, 5) is 0. The zero-order valence-electron chi connectivity index (χ0n) is 9.67. The Morgan fingerprint density at radius 2 is 1.27 bits per heavy atom. The Labute approximate surface area is 98.0 Å². The summed E-state index contributed by atoms with van der Waals surface area (Å²) in [5.74, 6) is 0.542. The van der Waals surface area contributed by atoms with Crippen molar-refractivity contribution >= 4 is 11.6 Å². The first-order valence-corrected chi connectivity index (χ1v) is 6.24. The van der Waals surface area contributed by atoms with Gasteiger partial charge >= 0.3 is 0 Å². The highest BCUT2D eigenvalue weighted by molar-refractivity contribution is 6.17. The van der Waals surface area contributed by atoms with Crippen molar-refractivity contribution < 1.29 is 14.2 Å². The monoisotopic (exact) mass is 238 g/mol. The average Bonchev–Trinajstić information content (AvgIpc) is 2.26. The second kappa shape index (κ2) is 14.2. The number of alkyl halides is 1. The van der Waals surface area contributed by atoms with E-state index in [-0.39, 0.29) is 0 Å². The highest BCUT2D eigenvalue weighted by Gasteiger charge is 1.91. The van der Waals surface area contributed by atoms with Crippen LogP contribution in [0.25, 0.3) is 0 Å². The maximum atomic E-state index is 5.44. The SMILES string of the molecule is CCCCCOCCOCCOCCCl. The summed E-state index contributed by atoms with van der Waals surface area (Å²) < 4.78 is 15.8. The lowest BCUT2D eigenvalue weighted by atomic mass is 10.3. The van der Waals surface area contributed by atoms with E-state index in [0.717, 1.165) is 13.0 Å². The van der Waals surface area contributed by atoms with Crippen molar-refractivity contribution in [2.45, 2.75) is 26.2 Å². The lowest BCUT2D eigenvalue weighted by molar-refractivity contribution is 0.0166. The quantitative estimate of drug-likeness (QED) is 0.386. The fourth-order valence-electron chi connectivity index (χ4n) is 1.05. The third-order valence-corrected chi connectivity index (χ3v) is 2.01. The Bertz CT molecular complexity index is 100. The van der Waals surface area contributed by atoms with Crippen LogP contribution in [0.4, 0.5) is 0 Å². The minimum absolute atomic E-state index is 0.542. The van der Waals surface area contributed by atoms with Gasteiger partial charge in [-0.15, -0.1) is 11.6 Å². The van der Waals surface area contributed by atoms with Crippen LogP contribution in [0.3, 0.4) is 0 Å². The molecule has 0 aliphatic carbocycles. The van der Waals surface area contributed by atoms with Gasteiger partial charge in [0.25, 0.3) is 0 Å². The Morgan fingerprint density at radius 1 is 0.733 bits per heavy atom. The zero-order chi connectivity index (χ0) is 11.2. The van der Waals surface area contributed by atoms with Crippen molar-refractivity contribution in [1.82, 2.24) is 0 Å². The van der Waals surface area contributed by atoms with Crippen molar-refractivity contribution in [3.63, 3.8) is 0 Å². The topological polar surface area (TPSA) is 27.7 Å². The van der Waals surface area contributed by atoms with Crippen LogP contribution in [0.2, 0.25) is 0 Å². The molecule has 0 atom stereocenters. The predicted molar refractivity (Wildman–Crippen MR) is 62.7 cm³/mol. The summed E-state index contributed by atoms with van der Waals surface area (Å²) in [6.07, 6.45) is 3.63. The van der Waals surface area contributed by atoms with E-state index < -0.39 is 0 Å². The molecule has 0 fully saturated rings. The van der Waals surface area contributed by atoms with E-state index in [4.69, 9.17) is 25.8 Å². The Morgan fingerprint density at radius 3 is 1.80 bits per heavy atom. The van der Waals surface area contributed by atoms with Gasteiger partial charge in [0.1, 0.15) is 0 Å². The van der Waals surface area contributed by atoms with E-state index in [2.05, 4.69) is 6.92 Å². The average molecular weight is 239 g/mol. The maximum absolute atomic E-state index is 5.44. The zero-order valence-corrected chi connectivity index (χ0v) is 10.4. The van der Waals surface area contributed by atoms with Crippen molar-refractivity contribution in [3.05, 3.63) is 0 Å². The summed E-state index contributed by atoms with van der Waals surface area (Å²) in [6.45, 7) is 6.19. The highest BCUT2D eigenvalue weighted by atomic mass is 35.5. The predicted octanol–water partition coefficient (Wildman–Crippen LogP) is 2.47. The number of unbranched alkanes of at least 4 members (excludes halogenated alkanes) is 2. The molecule has 0 N–H and O–H groups in total. The molecule has 0 aromatic carbocycles. The summed E-state index contributed by atoms with van der Waals surface area (Å²) in [5, 5.41) is 0. The molecule has 0 aromatic heterocycles. The molecule has 0 amide bonds. The first-order chi connectivity index (χ1) is 7.41. The van der Waals surface area contributed by atoms with Crippen LogP contribution in [0, 0.1) is 0 Å². The van der Waals surface area contributed by atoms with Gasteiger partial charge in [0.05, 0.1) is 33.0 Å². The largest absolute Gasteiger partial charge is 0.379 e. The van der Waals surface area contributed by atoms with E-state index in [1.54, 1.807) is 0 Å². The first kappa shape index (κ1) is 15.2. The van der Waals surface area contributed by atoms with Gasteiger partial charge in [-0.3, -0.25) is 0 Å². The number of ether oxygens (including phenoxy) is 3. The number of hydrogen-bond donors (Lipinski definition) is 0. The molecule has 0 aliphatic heterocycles. The van der Waals surface area contributed by atoms with Crippen molar-refractivity contribution in [2.24, 2.45) is 0 Å². The third kappa shape index (κ3) is 14.2. The molecule has 0 unspecified atom stereocenters. The second-order valence-electron chi connectivity index (χ2n) is 3.23. The molecule has 0 rings (SSSR count). The van der Waals surface area contributed by atoms with Crippen LogP contribution < -0.4 is 0 Å². The second-order valence-corrected chi connectivity index (χ2v) is 3.61. The molecule has 0 bridgehead atoms.